The first-order chi connectivity index (χ1) is 15.9. The first-order valence-electron chi connectivity index (χ1n) is 11.4. The van der Waals surface area contributed by atoms with Crippen LogP contribution in [-0.2, 0) is 31.0 Å². The molecule has 11 heteroatoms. The number of piperidine rings is 2. The molecule has 0 aromatic heterocycles. The van der Waals surface area contributed by atoms with E-state index in [1.807, 2.05) is 12.1 Å². The first kappa shape index (κ1) is 24.2. The van der Waals surface area contributed by atoms with Crippen molar-refractivity contribution >= 4 is 16.1 Å². The lowest BCUT2D eigenvalue weighted by Gasteiger charge is -2.40. The molecule has 3 saturated heterocycles. The fraction of sp³-hybridized carbons (Fsp3) is 0.682. The normalized spacial score (nSPS) is 24.0. The topological polar surface area (TPSA) is 107 Å². The van der Waals surface area contributed by atoms with Crippen LogP contribution in [-0.4, -0.2) is 82.3 Å². The highest BCUT2D eigenvalue weighted by atomic mass is 32.2. The summed E-state index contributed by atoms with van der Waals surface area (Å²) >= 11 is 0. The molecule has 0 saturated carbocycles. The molecule has 1 aromatic rings. The molecule has 1 aromatic carbocycles. The number of hydrogen-bond acceptors (Lipinski definition) is 7. The van der Waals surface area contributed by atoms with Gasteiger partial charge in [-0.05, 0) is 18.9 Å². The van der Waals surface area contributed by atoms with Crippen LogP contribution in [0.5, 0.6) is 11.5 Å². The summed E-state index contributed by atoms with van der Waals surface area (Å²) < 4.78 is 51.6. The number of nitrogens with one attached hydrogen (secondary N) is 1. The third kappa shape index (κ3) is 5.12. The second kappa shape index (κ2) is 10.1. The molecule has 3 aliphatic heterocycles. The Labute approximate surface area is 195 Å². The van der Waals surface area contributed by atoms with Crippen molar-refractivity contribution in [2.24, 2.45) is 5.92 Å². The van der Waals surface area contributed by atoms with E-state index in [0.29, 0.717) is 70.0 Å². The van der Waals surface area contributed by atoms with Crippen LogP contribution in [0.3, 0.4) is 0 Å². The van der Waals surface area contributed by atoms with Crippen molar-refractivity contribution in [1.82, 2.24) is 13.9 Å². The second-order valence-corrected chi connectivity index (χ2v) is 10.5. The van der Waals surface area contributed by atoms with Gasteiger partial charge in [0.05, 0.1) is 33.4 Å². The summed E-state index contributed by atoms with van der Waals surface area (Å²) in [6.45, 7) is 2.68. The maximum Gasteiger partial charge on any atom is 0.282 e. The molecular formula is C22H33N3O7S. The summed E-state index contributed by atoms with van der Waals surface area (Å²) in [6, 6.07) is 5.49. The highest BCUT2D eigenvalue weighted by Gasteiger charge is 2.44. The predicted octanol–water partition coefficient (Wildman–Crippen LogP) is 1.12. The van der Waals surface area contributed by atoms with E-state index < -0.39 is 21.9 Å². The number of carbonyl (C=O) groups is 1. The number of hydrogen-bond donors (Lipinski definition) is 1. The van der Waals surface area contributed by atoms with Crippen molar-refractivity contribution < 1.29 is 32.2 Å². The smallest absolute Gasteiger partial charge is 0.282 e. The van der Waals surface area contributed by atoms with Crippen LogP contribution in [0.4, 0.5) is 0 Å². The van der Waals surface area contributed by atoms with Gasteiger partial charge in [-0.15, -0.1) is 0 Å². The third-order valence-electron chi connectivity index (χ3n) is 6.64. The Hall–Kier alpha value is -1.92. The van der Waals surface area contributed by atoms with Crippen LogP contribution >= 0.6 is 0 Å². The van der Waals surface area contributed by atoms with Crippen molar-refractivity contribution in [2.75, 3.05) is 53.6 Å². The largest absolute Gasteiger partial charge is 0.493 e. The zero-order valence-electron chi connectivity index (χ0n) is 19.2. The number of nitrogens with zero attached hydrogens (tertiary/aromatic N) is 2. The SMILES string of the molecule is COc1cccc(CNC(=O)[C@H]2CCCN(S(=O)(=O)N3CCC4(CC3)OCCO4)C2)c1OC. The van der Waals surface area contributed by atoms with Crippen molar-refractivity contribution in [1.29, 1.82) is 0 Å². The van der Waals surface area contributed by atoms with Gasteiger partial charge in [0.25, 0.3) is 10.2 Å². The van der Waals surface area contributed by atoms with Gasteiger partial charge in [0.2, 0.25) is 5.91 Å². The Bertz CT molecular complexity index is 939. The maximum atomic E-state index is 13.3. The van der Waals surface area contributed by atoms with E-state index in [4.69, 9.17) is 18.9 Å². The Morgan fingerprint density at radius 3 is 2.52 bits per heavy atom. The van der Waals surface area contributed by atoms with Crippen LogP contribution in [0.1, 0.15) is 31.2 Å². The van der Waals surface area contributed by atoms with Crippen LogP contribution in [0.15, 0.2) is 18.2 Å². The molecule has 33 heavy (non-hydrogen) atoms. The Balaban J connectivity index is 1.35. The van der Waals surface area contributed by atoms with Crippen molar-refractivity contribution in [3.63, 3.8) is 0 Å². The molecule has 0 aliphatic carbocycles. The summed E-state index contributed by atoms with van der Waals surface area (Å²) in [5.41, 5.74) is 0.795. The van der Waals surface area contributed by atoms with Crippen LogP contribution < -0.4 is 14.8 Å². The van der Waals surface area contributed by atoms with E-state index >= 15 is 0 Å². The zero-order valence-corrected chi connectivity index (χ0v) is 20.1. The quantitative estimate of drug-likeness (QED) is 0.619. The molecule has 0 radical (unpaired) electrons. The highest BCUT2D eigenvalue weighted by molar-refractivity contribution is 7.86. The number of para-hydroxylation sites is 1. The number of rotatable bonds is 7. The standard InChI is InChI=1S/C22H33N3O7S/c1-29-19-7-3-5-17(20(19)30-2)15-23-21(26)18-6-4-10-25(16-18)33(27,28)24-11-8-22(9-12-24)31-13-14-32-22/h3,5,7,18H,4,6,8-16H2,1-2H3,(H,23,26)/t18-/m0/s1. The van der Waals surface area contributed by atoms with E-state index in [1.165, 1.54) is 8.61 Å². The minimum atomic E-state index is -3.65. The third-order valence-corrected chi connectivity index (χ3v) is 8.64. The minimum absolute atomic E-state index is 0.162. The molecule has 1 N–H and O–H groups in total. The molecule has 184 valence electrons. The number of ether oxygens (including phenoxy) is 4. The number of benzene rings is 1. The number of methoxy groups -OCH3 is 2. The van der Waals surface area contributed by atoms with Crippen molar-refractivity contribution in [2.45, 2.75) is 38.0 Å². The molecule has 3 heterocycles. The minimum Gasteiger partial charge on any atom is -0.493 e. The second-order valence-electron chi connectivity index (χ2n) is 8.58. The molecule has 0 bridgehead atoms. The first-order valence-corrected chi connectivity index (χ1v) is 12.8. The van der Waals surface area contributed by atoms with E-state index in [-0.39, 0.29) is 19.0 Å². The van der Waals surface area contributed by atoms with Gasteiger partial charge >= 0.3 is 0 Å². The molecule has 4 rings (SSSR count). The summed E-state index contributed by atoms with van der Waals surface area (Å²) in [7, 11) is -0.527. The number of carbonyl (C=O) groups excluding carboxylic acids is 1. The van der Waals surface area contributed by atoms with Gasteiger partial charge in [-0.3, -0.25) is 4.79 Å². The van der Waals surface area contributed by atoms with Crippen molar-refractivity contribution in [3.05, 3.63) is 23.8 Å². The Morgan fingerprint density at radius 1 is 1.12 bits per heavy atom. The van der Waals surface area contributed by atoms with Crippen LogP contribution in [0.2, 0.25) is 0 Å². The summed E-state index contributed by atoms with van der Waals surface area (Å²) in [4.78, 5) is 12.9. The van der Waals surface area contributed by atoms with E-state index in [9.17, 15) is 13.2 Å². The van der Waals surface area contributed by atoms with Gasteiger partial charge < -0.3 is 24.3 Å². The molecular weight excluding hydrogens is 450 g/mol. The predicted molar refractivity (Wildman–Crippen MR) is 120 cm³/mol. The Kier molecular flexibility index (Phi) is 7.44. The molecule has 1 amide bonds. The molecule has 3 fully saturated rings. The molecule has 3 aliphatic rings. The van der Waals surface area contributed by atoms with Gasteiger partial charge in [0.1, 0.15) is 0 Å². The molecule has 0 unspecified atom stereocenters. The average Bonchev–Trinajstić information content (AvgIpc) is 3.30. The fourth-order valence-electron chi connectivity index (χ4n) is 4.79. The van der Waals surface area contributed by atoms with Gasteiger partial charge in [0, 0.05) is 51.1 Å². The Morgan fingerprint density at radius 2 is 1.85 bits per heavy atom. The van der Waals surface area contributed by atoms with E-state index in [0.717, 1.165) is 5.56 Å². The highest BCUT2D eigenvalue weighted by Crippen LogP contribution is 2.34. The van der Waals surface area contributed by atoms with Gasteiger partial charge in [-0.1, -0.05) is 12.1 Å². The lowest BCUT2D eigenvalue weighted by atomic mass is 9.98. The molecule has 1 atom stereocenters. The number of amides is 1. The van der Waals surface area contributed by atoms with Crippen LogP contribution in [0, 0.1) is 5.92 Å². The lowest BCUT2D eigenvalue weighted by molar-refractivity contribution is -0.179. The molecule has 10 nitrogen and oxygen atoms in total. The molecule has 1 spiro atoms. The fourth-order valence-corrected chi connectivity index (χ4v) is 6.49. The maximum absolute atomic E-state index is 13.3. The van der Waals surface area contributed by atoms with Crippen LogP contribution in [0.25, 0.3) is 0 Å². The average molecular weight is 484 g/mol. The van der Waals surface area contributed by atoms with E-state index in [1.54, 1.807) is 20.3 Å². The van der Waals surface area contributed by atoms with E-state index in [2.05, 4.69) is 5.32 Å². The zero-order chi connectivity index (χ0) is 23.5. The van der Waals surface area contributed by atoms with Gasteiger partial charge in [-0.2, -0.15) is 17.0 Å². The summed E-state index contributed by atoms with van der Waals surface area (Å²) in [5.74, 6) is -0.0210. The summed E-state index contributed by atoms with van der Waals surface area (Å²) in [5, 5.41) is 2.94. The lowest BCUT2D eigenvalue weighted by Crippen LogP contribution is -2.54. The van der Waals surface area contributed by atoms with Gasteiger partial charge in [-0.25, -0.2) is 0 Å². The van der Waals surface area contributed by atoms with Crippen molar-refractivity contribution in [3.8, 4) is 11.5 Å². The van der Waals surface area contributed by atoms with Gasteiger partial charge in [0.15, 0.2) is 17.3 Å². The summed E-state index contributed by atoms with van der Waals surface area (Å²) in [6.07, 6.45) is 2.33. The monoisotopic (exact) mass is 483 g/mol.